The predicted molar refractivity (Wildman–Crippen MR) is 375 cm³/mol. The Balaban J connectivity index is -0.000000137. The van der Waals surface area contributed by atoms with Crippen LogP contribution in [0.15, 0.2) is 0 Å². The van der Waals surface area contributed by atoms with Crippen molar-refractivity contribution in [3.63, 3.8) is 0 Å². The molecule has 12 atom stereocenters. The largest absolute Gasteiger partial charge is 0.480 e. The third-order valence-electron chi connectivity index (χ3n) is 14.0. The number of amides is 4. The van der Waals surface area contributed by atoms with Gasteiger partial charge in [0.15, 0.2) is 0 Å². The fourth-order valence-electron chi connectivity index (χ4n) is 10.4. The molecule has 6 heterocycles. The molecule has 6 aliphatic heterocycles. The summed E-state index contributed by atoms with van der Waals surface area (Å²) in [6.45, 7) is 17.3. The van der Waals surface area contributed by atoms with Crippen LogP contribution in [0.25, 0.3) is 0 Å². The van der Waals surface area contributed by atoms with Crippen LogP contribution >= 0.6 is 108 Å². The van der Waals surface area contributed by atoms with Crippen LogP contribution in [0.3, 0.4) is 0 Å². The zero-order valence-electron chi connectivity index (χ0n) is 52.9. The van der Waals surface area contributed by atoms with Gasteiger partial charge in [-0.2, -0.15) is 108 Å². The molecule has 0 aliphatic carbocycles. The standard InChI is InChI=1S/C10H19FN2O.2C10H20N2O2.2C8H15NO3.C7H13FN2O.8H2S/c1-4-5-13-7-8(11)6-9(13)10(14)12(2)3;2*1-4-5-12-7-8(13)6-9(12)10(14)11(2)3;2*1-2-3-9-5-6(10)4-7(9)8(11)12;1-10(2)7(11)6-3-5(8)4-9-6;;;;;;;;/h8-9H,4-7H2,1-3H3;2*8-9,13H,4-7H2,1-3H3;2*6-7,10H,2-5H2,1H3,(H,11,12);5-6,9H,3-4H2,1-2H3;8*1H2/t2*8-,9+;8-,9-;6-,7+;6-,7-;5-,6+;;;;;;;;/m110101......../s1. The minimum atomic E-state index is -0.858. The van der Waals surface area contributed by atoms with Crippen molar-refractivity contribution in [1.82, 2.24) is 49.4 Å². The normalized spacial score (nSPS) is 26.5. The van der Waals surface area contributed by atoms with E-state index in [1.165, 1.54) is 4.90 Å². The lowest BCUT2D eigenvalue weighted by molar-refractivity contribution is -0.143. The van der Waals surface area contributed by atoms with Crippen LogP contribution in [0.2, 0.25) is 0 Å². The van der Waals surface area contributed by atoms with Crippen LogP contribution < -0.4 is 5.32 Å². The second kappa shape index (κ2) is 52.7. The van der Waals surface area contributed by atoms with Crippen LogP contribution in [-0.2, 0) is 28.8 Å². The van der Waals surface area contributed by atoms with Gasteiger partial charge in [-0.25, -0.2) is 8.78 Å². The smallest absolute Gasteiger partial charge is 0.321 e. The summed E-state index contributed by atoms with van der Waals surface area (Å²) in [4.78, 5) is 83.7. The lowest BCUT2D eigenvalue weighted by Gasteiger charge is -2.25. The first kappa shape index (κ1) is 100. The minimum absolute atomic E-state index is 0. The molecule has 32 heteroatoms. The lowest BCUT2D eigenvalue weighted by Crippen LogP contribution is -2.42. The van der Waals surface area contributed by atoms with Crippen molar-refractivity contribution in [2.75, 3.05) is 128 Å². The number of halogens is 2. The van der Waals surface area contributed by atoms with Gasteiger partial charge in [0.25, 0.3) is 0 Å². The molecule has 7 N–H and O–H groups in total. The van der Waals surface area contributed by atoms with E-state index in [0.29, 0.717) is 77.8 Å². The molecule has 22 nitrogen and oxygen atoms in total. The van der Waals surface area contributed by atoms with Gasteiger partial charge in [0.1, 0.15) is 24.4 Å². The first-order valence-corrected chi connectivity index (χ1v) is 27.8. The lowest BCUT2D eigenvalue weighted by atomic mass is 10.2. The summed E-state index contributed by atoms with van der Waals surface area (Å²) in [5.74, 6) is -1.44. The fraction of sp³-hybridized carbons (Fsp3) is 0.887. The van der Waals surface area contributed by atoms with Gasteiger partial charge in [0, 0.05) is 121 Å². The average Bonchev–Trinajstić information content (AvgIpc) is 4.23. The molecule has 0 aromatic heterocycles. The van der Waals surface area contributed by atoms with Gasteiger partial charge >= 0.3 is 11.9 Å². The highest BCUT2D eigenvalue weighted by atomic mass is 32.1. The van der Waals surface area contributed by atoms with Crippen LogP contribution in [0.5, 0.6) is 0 Å². The summed E-state index contributed by atoms with van der Waals surface area (Å²) in [6, 6.07) is -1.71. The van der Waals surface area contributed by atoms with E-state index in [-0.39, 0.29) is 168 Å². The number of likely N-dealkylation sites (N-methyl/N-ethyl adjacent to an activating group) is 4. The number of β-amino-alcohol motifs (C(OH)–C–C–N with tert-alkyl or cyclic N) is 4. The van der Waals surface area contributed by atoms with Gasteiger partial charge in [-0.05, 0) is 77.7 Å². The molecule has 6 aliphatic rings. The minimum Gasteiger partial charge on any atom is -0.480 e. The highest BCUT2D eigenvalue weighted by Crippen LogP contribution is 2.24. The van der Waals surface area contributed by atoms with Crippen molar-refractivity contribution in [3.05, 3.63) is 0 Å². The quantitative estimate of drug-likeness (QED) is 0.115. The number of likely N-dealkylation sites (tertiary alicyclic amines) is 5. The number of carboxylic acid groups (broad SMARTS) is 2. The molecule has 514 valence electrons. The molecule has 85 heavy (non-hydrogen) atoms. The number of carbonyl (C=O) groups is 6. The summed E-state index contributed by atoms with van der Waals surface area (Å²) in [6.07, 6.45) is 4.14. The van der Waals surface area contributed by atoms with Crippen LogP contribution in [0.1, 0.15) is 105 Å². The maximum atomic E-state index is 13.2. The second-order valence-corrected chi connectivity index (χ2v) is 21.8. The topological polar surface area (TPSA) is 265 Å². The highest BCUT2D eigenvalue weighted by Gasteiger charge is 2.40. The molecule has 6 rings (SSSR count). The summed E-state index contributed by atoms with van der Waals surface area (Å²) in [7, 11) is 13.8. The van der Waals surface area contributed by atoms with E-state index in [2.05, 4.69) is 29.0 Å². The molecule has 0 aromatic rings. The zero-order valence-corrected chi connectivity index (χ0v) is 60.9. The maximum absolute atomic E-state index is 13.2. The highest BCUT2D eigenvalue weighted by molar-refractivity contribution is 7.60. The average molecular weight is 1380 g/mol. The number of aliphatic hydroxyl groups excluding tert-OH is 4. The summed E-state index contributed by atoms with van der Waals surface area (Å²) in [5, 5.41) is 57.9. The number of aliphatic hydroxyl groups is 4. The second-order valence-electron chi connectivity index (χ2n) is 21.8. The molecule has 0 unspecified atom stereocenters. The van der Waals surface area contributed by atoms with Gasteiger partial charge in [0.05, 0.1) is 48.6 Å². The molecule has 0 bridgehead atoms. The van der Waals surface area contributed by atoms with E-state index in [4.69, 9.17) is 10.2 Å². The summed E-state index contributed by atoms with van der Waals surface area (Å²) in [5.41, 5.74) is 0. The molecular formula is C53H118F2N10O12S8. The van der Waals surface area contributed by atoms with E-state index < -0.39 is 48.6 Å². The predicted octanol–water partition coefficient (Wildman–Crippen LogP) is 1.25. The number of carbonyl (C=O) groups excluding carboxylic acids is 4. The monoisotopic (exact) mass is 1380 g/mol. The fourth-order valence-corrected chi connectivity index (χ4v) is 10.4. The number of alkyl halides is 2. The molecule has 0 aromatic carbocycles. The van der Waals surface area contributed by atoms with Gasteiger partial charge in [-0.1, -0.05) is 34.6 Å². The Labute approximate surface area is 564 Å². The van der Waals surface area contributed by atoms with Crippen molar-refractivity contribution in [2.24, 2.45) is 0 Å². The van der Waals surface area contributed by atoms with Crippen LogP contribution in [0, 0.1) is 0 Å². The Kier molecular flexibility index (Phi) is 62.1. The van der Waals surface area contributed by atoms with Crippen molar-refractivity contribution >= 4 is 144 Å². The van der Waals surface area contributed by atoms with E-state index >= 15 is 0 Å². The molecule has 0 saturated carbocycles. The van der Waals surface area contributed by atoms with E-state index in [9.17, 15) is 58.0 Å². The number of nitrogens with one attached hydrogen (secondary N) is 1. The Bertz CT molecular complexity index is 1660. The first-order valence-electron chi connectivity index (χ1n) is 27.8. The van der Waals surface area contributed by atoms with Crippen LogP contribution in [-0.4, -0.2) is 312 Å². The van der Waals surface area contributed by atoms with Crippen molar-refractivity contribution in [3.8, 4) is 0 Å². The van der Waals surface area contributed by atoms with Crippen molar-refractivity contribution < 1.29 is 68.2 Å². The number of rotatable bonds is 16. The number of nitrogens with zero attached hydrogens (tertiary/aromatic N) is 9. The third kappa shape index (κ3) is 36.1. The number of carboxylic acids is 2. The molecule has 6 fully saturated rings. The molecular weight excluding hydrogens is 1260 g/mol. The molecule has 6 saturated heterocycles. The van der Waals surface area contributed by atoms with E-state index in [1.807, 2.05) is 35.5 Å². The number of hydrogen-bond donors (Lipinski definition) is 7. The molecule has 0 spiro atoms. The zero-order chi connectivity index (χ0) is 58.9. The summed E-state index contributed by atoms with van der Waals surface area (Å²) < 4.78 is 25.7. The van der Waals surface area contributed by atoms with Gasteiger partial charge < -0.3 is 55.6 Å². The Morgan fingerprint density at radius 1 is 0.376 bits per heavy atom. The van der Waals surface area contributed by atoms with Crippen molar-refractivity contribution in [1.29, 1.82) is 0 Å². The van der Waals surface area contributed by atoms with Crippen LogP contribution in [0.4, 0.5) is 8.78 Å². The Morgan fingerprint density at radius 3 is 0.835 bits per heavy atom. The molecule has 0 radical (unpaired) electrons. The maximum Gasteiger partial charge on any atom is 0.321 e. The van der Waals surface area contributed by atoms with E-state index in [1.54, 1.807) is 71.1 Å². The van der Waals surface area contributed by atoms with Gasteiger partial charge in [-0.15, -0.1) is 0 Å². The first-order chi connectivity index (χ1) is 36.1. The number of aliphatic carboxylic acids is 2. The number of hydrogen-bond acceptors (Lipinski definition) is 16. The third-order valence-corrected chi connectivity index (χ3v) is 14.0. The van der Waals surface area contributed by atoms with Crippen molar-refractivity contribution in [2.45, 2.75) is 178 Å². The molecule has 4 amide bonds. The van der Waals surface area contributed by atoms with Gasteiger partial charge in [0.2, 0.25) is 23.6 Å². The SMILES string of the molecule is CCCN1C[C@@H](O)C[C@H]1C(=O)N(C)C.CCCN1C[C@@H](O)C[C@H]1C(=O)O.CCCN1C[C@H](F)C[C@H]1C(=O)N(C)C.CCCN1C[C@H](O)C[C@H]1C(=O)N(C)C.CCCN1C[C@H](O)C[C@H]1C(=O)O.CN(C)C(=O)[C@@H]1C[C@@H](F)CN1.S.S.S.S.S.S.S.S. The van der Waals surface area contributed by atoms with E-state index in [0.717, 1.165) is 64.8 Å². The van der Waals surface area contributed by atoms with Gasteiger partial charge in [-0.3, -0.25) is 53.3 Å². The summed E-state index contributed by atoms with van der Waals surface area (Å²) >= 11 is 0. The Morgan fingerprint density at radius 2 is 0.612 bits per heavy atom. The Hall–Kier alpha value is -0.920.